The molecule has 0 heterocycles. The number of carbonyl (C=O) groups is 1. The molecular weight excluding hydrogens is 240 g/mol. The van der Waals surface area contributed by atoms with E-state index >= 15 is 0 Å². The SMILES string of the molecule is NC(=O)c1c(O)c(F)cc(-c2ccccc2)c1F. The minimum atomic E-state index is -1.22. The van der Waals surface area contributed by atoms with Crippen molar-refractivity contribution in [2.75, 3.05) is 0 Å². The molecule has 3 nitrogen and oxygen atoms in total. The maximum Gasteiger partial charge on any atom is 0.255 e. The molecule has 0 radical (unpaired) electrons. The van der Waals surface area contributed by atoms with Gasteiger partial charge in [-0.2, -0.15) is 0 Å². The quantitative estimate of drug-likeness (QED) is 0.858. The number of halogens is 2. The Kier molecular flexibility index (Phi) is 2.97. The van der Waals surface area contributed by atoms with Crippen molar-refractivity contribution in [2.45, 2.75) is 0 Å². The van der Waals surface area contributed by atoms with E-state index in [0.717, 1.165) is 6.07 Å². The first-order valence-electron chi connectivity index (χ1n) is 5.08. The molecule has 0 fully saturated rings. The van der Waals surface area contributed by atoms with Gasteiger partial charge in [-0.25, -0.2) is 8.78 Å². The van der Waals surface area contributed by atoms with E-state index in [9.17, 15) is 18.7 Å². The van der Waals surface area contributed by atoms with Crippen LogP contribution in [0.2, 0.25) is 0 Å². The molecule has 3 N–H and O–H groups in total. The van der Waals surface area contributed by atoms with Gasteiger partial charge in [0.05, 0.1) is 0 Å². The lowest BCUT2D eigenvalue weighted by Gasteiger charge is -2.09. The second kappa shape index (κ2) is 4.44. The topological polar surface area (TPSA) is 63.3 Å². The standard InChI is InChI=1S/C13H9F2NO2/c14-9-6-8(7-4-2-1-3-5-7)11(15)10(12(9)17)13(16)18/h1-6,17H,(H2,16,18). The van der Waals surface area contributed by atoms with Crippen LogP contribution in [0, 0.1) is 11.6 Å². The highest BCUT2D eigenvalue weighted by Crippen LogP contribution is 2.32. The first-order chi connectivity index (χ1) is 8.52. The molecule has 0 aliphatic carbocycles. The Labute approximate surface area is 101 Å². The first-order valence-corrected chi connectivity index (χ1v) is 5.08. The van der Waals surface area contributed by atoms with Gasteiger partial charge in [-0.1, -0.05) is 30.3 Å². The predicted molar refractivity (Wildman–Crippen MR) is 62.0 cm³/mol. The van der Waals surface area contributed by atoms with Crippen LogP contribution in [0.1, 0.15) is 10.4 Å². The molecule has 2 aromatic carbocycles. The molecule has 2 rings (SSSR count). The van der Waals surface area contributed by atoms with Crippen LogP contribution in [0.4, 0.5) is 8.78 Å². The van der Waals surface area contributed by atoms with Crippen molar-refractivity contribution in [1.29, 1.82) is 0 Å². The Morgan fingerprint density at radius 1 is 1.17 bits per heavy atom. The van der Waals surface area contributed by atoms with E-state index in [2.05, 4.69) is 0 Å². The number of benzene rings is 2. The lowest BCUT2D eigenvalue weighted by Crippen LogP contribution is -2.14. The van der Waals surface area contributed by atoms with Crippen molar-refractivity contribution >= 4 is 5.91 Å². The number of amides is 1. The van der Waals surface area contributed by atoms with Crippen LogP contribution in [0.25, 0.3) is 11.1 Å². The maximum absolute atomic E-state index is 14.0. The summed E-state index contributed by atoms with van der Waals surface area (Å²) in [6.07, 6.45) is 0. The van der Waals surface area contributed by atoms with Crippen molar-refractivity contribution in [3.8, 4) is 16.9 Å². The summed E-state index contributed by atoms with van der Waals surface area (Å²) >= 11 is 0. The van der Waals surface area contributed by atoms with Crippen LogP contribution >= 0.6 is 0 Å². The lowest BCUT2D eigenvalue weighted by atomic mass is 10.0. The Morgan fingerprint density at radius 3 is 2.33 bits per heavy atom. The Balaban J connectivity index is 2.75. The van der Waals surface area contributed by atoms with E-state index in [1.165, 1.54) is 0 Å². The molecule has 0 unspecified atom stereocenters. The van der Waals surface area contributed by atoms with Gasteiger partial charge in [0, 0.05) is 5.56 Å². The van der Waals surface area contributed by atoms with Crippen LogP contribution in [-0.4, -0.2) is 11.0 Å². The molecule has 0 spiro atoms. The summed E-state index contributed by atoms with van der Waals surface area (Å²) in [6.45, 7) is 0. The van der Waals surface area contributed by atoms with E-state index in [-0.39, 0.29) is 5.56 Å². The first kappa shape index (κ1) is 12.0. The number of aromatic hydroxyl groups is 1. The fourth-order valence-corrected chi connectivity index (χ4v) is 1.67. The summed E-state index contributed by atoms with van der Waals surface area (Å²) in [5.41, 5.74) is 4.35. The molecule has 0 atom stereocenters. The van der Waals surface area contributed by atoms with Gasteiger partial charge in [-0.3, -0.25) is 4.79 Å². The minimum Gasteiger partial charge on any atom is -0.504 e. The van der Waals surface area contributed by atoms with Crippen molar-refractivity contribution < 1.29 is 18.7 Å². The molecule has 1 amide bonds. The van der Waals surface area contributed by atoms with E-state index in [1.807, 2.05) is 0 Å². The van der Waals surface area contributed by atoms with E-state index in [0.29, 0.717) is 5.56 Å². The average molecular weight is 249 g/mol. The summed E-state index contributed by atoms with van der Waals surface area (Å²) in [4.78, 5) is 11.0. The molecule has 0 aliphatic rings. The van der Waals surface area contributed by atoms with Crippen molar-refractivity contribution in [2.24, 2.45) is 5.73 Å². The van der Waals surface area contributed by atoms with Gasteiger partial charge in [0.1, 0.15) is 11.4 Å². The highest BCUT2D eigenvalue weighted by atomic mass is 19.1. The van der Waals surface area contributed by atoms with Crippen LogP contribution in [0.3, 0.4) is 0 Å². The fourth-order valence-electron chi connectivity index (χ4n) is 1.67. The second-order valence-electron chi connectivity index (χ2n) is 3.67. The second-order valence-corrected chi connectivity index (χ2v) is 3.67. The number of carbonyl (C=O) groups excluding carboxylic acids is 1. The Hall–Kier alpha value is -2.43. The Morgan fingerprint density at radius 2 is 1.78 bits per heavy atom. The molecule has 0 aromatic heterocycles. The van der Waals surface area contributed by atoms with Gasteiger partial charge in [-0.05, 0) is 11.6 Å². The van der Waals surface area contributed by atoms with Gasteiger partial charge < -0.3 is 10.8 Å². The van der Waals surface area contributed by atoms with Gasteiger partial charge in [0.25, 0.3) is 5.91 Å². The molecule has 0 bridgehead atoms. The van der Waals surface area contributed by atoms with Crippen LogP contribution in [0.15, 0.2) is 36.4 Å². The monoisotopic (exact) mass is 249 g/mol. The van der Waals surface area contributed by atoms with Crippen molar-refractivity contribution in [1.82, 2.24) is 0 Å². The van der Waals surface area contributed by atoms with Gasteiger partial charge in [0.15, 0.2) is 11.6 Å². The zero-order valence-corrected chi connectivity index (χ0v) is 9.15. The molecular formula is C13H9F2NO2. The third-order valence-electron chi connectivity index (χ3n) is 2.52. The van der Waals surface area contributed by atoms with Crippen LogP contribution in [-0.2, 0) is 0 Å². The van der Waals surface area contributed by atoms with E-state index < -0.39 is 28.9 Å². The van der Waals surface area contributed by atoms with Crippen molar-refractivity contribution in [3.63, 3.8) is 0 Å². The van der Waals surface area contributed by atoms with Gasteiger partial charge in [0.2, 0.25) is 0 Å². The number of primary amides is 1. The number of hydrogen-bond acceptors (Lipinski definition) is 2. The van der Waals surface area contributed by atoms with Gasteiger partial charge >= 0.3 is 0 Å². The van der Waals surface area contributed by atoms with Crippen molar-refractivity contribution in [3.05, 3.63) is 53.6 Å². The molecule has 0 aliphatic heterocycles. The molecule has 0 saturated heterocycles. The zero-order valence-electron chi connectivity index (χ0n) is 9.15. The van der Waals surface area contributed by atoms with E-state index in [4.69, 9.17) is 5.73 Å². The molecule has 92 valence electrons. The number of rotatable bonds is 2. The molecule has 2 aromatic rings. The van der Waals surface area contributed by atoms with Crippen LogP contribution in [0.5, 0.6) is 5.75 Å². The summed E-state index contributed by atoms with van der Waals surface area (Å²) in [5, 5.41) is 9.30. The number of hydrogen-bond donors (Lipinski definition) is 2. The largest absolute Gasteiger partial charge is 0.504 e. The smallest absolute Gasteiger partial charge is 0.255 e. The third kappa shape index (κ3) is 1.90. The Bertz CT molecular complexity index is 612. The summed E-state index contributed by atoms with van der Waals surface area (Å²) in [5.74, 6) is -4.42. The summed E-state index contributed by atoms with van der Waals surface area (Å²) in [6, 6.07) is 8.94. The normalized spacial score (nSPS) is 10.3. The average Bonchev–Trinajstić information content (AvgIpc) is 2.34. The minimum absolute atomic E-state index is 0.125. The highest BCUT2D eigenvalue weighted by molar-refractivity contribution is 5.97. The van der Waals surface area contributed by atoms with E-state index in [1.54, 1.807) is 30.3 Å². The zero-order chi connectivity index (χ0) is 13.3. The number of nitrogens with two attached hydrogens (primary N) is 1. The molecule has 18 heavy (non-hydrogen) atoms. The van der Waals surface area contributed by atoms with Crippen LogP contribution < -0.4 is 5.73 Å². The third-order valence-corrected chi connectivity index (χ3v) is 2.52. The summed E-state index contributed by atoms with van der Waals surface area (Å²) < 4.78 is 27.5. The highest BCUT2D eigenvalue weighted by Gasteiger charge is 2.22. The molecule has 0 saturated carbocycles. The van der Waals surface area contributed by atoms with Gasteiger partial charge in [-0.15, -0.1) is 0 Å². The summed E-state index contributed by atoms with van der Waals surface area (Å²) in [7, 11) is 0. The maximum atomic E-state index is 14.0. The lowest BCUT2D eigenvalue weighted by molar-refractivity contribution is 0.0993. The fraction of sp³-hybridized carbons (Fsp3) is 0. The predicted octanol–water partition coefficient (Wildman–Crippen LogP) is 2.44. The number of phenols is 1. The molecule has 5 heteroatoms.